The van der Waals surface area contributed by atoms with Crippen molar-refractivity contribution in [3.8, 4) is 0 Å². The van der Waals surface area contributed by atoms with E-state index in [-0.39, 0.29) is 22.2 Å². The Hall–Kier alpha value is -2.61. The van der Waals surface area contributed by atoms with E-state index < -0.39 is 11.7 Å². The lowest BCUT2D eigenvalue weighted by atomic mass is 10.2. The first-order valence-electron chi connectivity index (χ1n) is 7.80. The zero-order chi connectivity index (χ0) is 18.9. The van der Waals surface area contributed by atoms with E-state index in [1.165, 1.54) is 22.9 Å². The number of benzene rings is 1. The summed E-state index contributed by atoms with van der Waals surface area (Å²) in [6.45, 7) is 2.41. The maximum absolute atomic E-state index is 13.0. The molecule has 2 heterocycles. The Balaban J connectivity index is 2.02. The molecule has 0 fully saturated rings. The number of aryl methyl sites for hydroxylation is 1. The molecule has 1 aromatic carbocycles. The molecule has 0 aliphatic heterocycles. The Kier molecular flexibility index (Phi) is 4.86. The third-order valence-electron chi connectivity index (χ3n) is 3.70. The molecule has 0 saturated heterocycles. The molecular formula is C17H14ClF3N4O. The molecule has 0 saturated carbocycles. The molecule has 26 heavy (non-hydrogen) atoms. The number of nitrogens with zero attached hydrogens (tertiary/aromatic N) is 3. The summed E-state index contributed by atoms with van der Waals surface area (Å²) in [7, 11) is 0. The second kappa shape index (κ2) is 6.95. The highest BCUT2D eigenvalue weighted by Gasteiger charge is 2.33. The van der Waals surface area contributed by atoms with Crippen molar-refractivity contribution in [2.75, 3.05) is 5.32 Å². The highest BCUT2D eigenvalue weighted by molar-refractivity contribution is 6.31. The van der Waals surface area contributed by atoms with Crippen LogP contribution in [0.4, 0.5) is 24.8 Å². The number of pyridine rings is 1. The molecule has 0 atom stereocenters. The van der Waals surface area contributed by atoms with Crippen molar-refractivity contribution in [2.24, 2.45) is 0 Å². The fourth-order valence-corrected chi connectivity index (χ4v) is 2.75. The normalized spacial score (nSPS) is 11.7. The Morgan fingerprint density at radius 2 is 2.00 bits per heavy atom. The van der Waals surface area contributed by atoms with E-state index in [9.17, 15) is 18.0 Å². The number of halogens is 4. The lowest BCUT2D eigenvalue weighted by Crippen LogP contribution is -2.20. The maximum Gasteiger partial charge on any atom is 0.417 e. The third kappa shape index (κ3) is 3.65. The van der Waals surface area contributed by atoms with Gasteiger partial charge in [0.2, 0.25) is 5.95 Å². The van der Waals surface area contributed by atoms with Crippen LogP contribution in [0.3, 0.4) is 0 Å². The summed E-state index contributed by atoms with van der Waals surface area (Å²) in [6.07, 6.45) is -2.32. The van der Waals surface area contributed by atoms with Gasteiger partial charge in [-0.1, -0.05) is 18.5 Å². The molecule has 0 bridgehead atoms. The van der Waals surface area contributed by atoms with Gasteiger partial charge in [-0.3, -0.25) is 9.36 Å². The SMILES string of the molecule is CCCn1c(=O)ccc2cnc(Nc3ccc(Cl)c(C(F)(F)F)c3)nc21. The number of nitrogens with one attached hydrogen (secondary N) is 1. The van der Waals surface area contributed by atoms with E-state index >= 15 is 0 Å². The molecule has 0 spiro atoms. The minimum atomic E-state index is -4.57. The summed E-state index contributed by atoms with van der Waals surface area (Å²) < 4.78 is 40.4. The van der Waals surface area contributed by atoms with Crippen LogP contribution in [-0.2, 0) is 12.7 Å². The molecule has 0 aliphatic rings. The van der Waals surface area contributed by atoms with Crippen molar-refractivity contribution in [3.05, 3.63) is 57.5 Å². The first kappa shape index (κ1) is 18.2. The average molecular weight is 383 g/mol. The number of anilines is 2. The van der Waals surface area contributed by atoms with Gasteiger partial charge in [0.15, 0.2) is 0 Å². The molecule has 1 N–H and O–H groups in total. The van der Waals surface area contributed by atoms with Gasteiger partial charge >= 0.3 is 6.18 Å². The number of aromatic nitrogens is 3. The van der Waals surface area contributed by atoms with Crippen molar-refractivity contribution < 1.29 is 13.2 Å². The lowest BCUT2D eigenvalue weighted by Gasteiger charge is -2.12. The number of alkyl halides is 3. The number of rotatable bonds is 4. The van der Waals surface area contributed by atoms with Crippen LogP contribution in [0.15, 0.2) is 41.3 Å². The fraction of sp³-hybridized carbons (Fsp3) is 0.235. The second-order valence-corrected chi connectivity index (χ2v) is 6.02. The van der Waals surface area contributed by atoms with E-state index in [4.69, 9.17) is 11.6 Å². The van der Waals surface area contributed by atoms with Gasteiger partial charge < -0.3 is 5.32 Å². The Morgan fingerprint density at radius 1 is 1.23 bits per heavy atom. The van der Waals surface area contributed by atoms with Gasteiger partial charge in [-0.2, -0.15) is 18.2 Å². The van der Waals surface area contributed by atoms with Gasteiger partial charge in [-0.05, 0) is 30.7 Å². The van der Waals surface area contributed by atoms with Gasteiger partial charge in [0.1, 0.15) is 5.65 Å². The molecule has 3 rings (SSSR count). The summed E-state index contributed by atoms with van der Waals surface area (Å²) in [6, 6.07) is 6.48. The van der Waals surface area contributed by atoms with Gasteiger partial charge in [0.25, 0.3) is 5.56 Å². The fourth-order valence-electron chi connectivity index (χ4n) is 2.52. The number of hydrogen-bond donors (Lipinski definition) is 1. The summed E-state index contributed by atoms with van der Waals surface area (Å²) in [5.41, 5.74) is -0.592. The third-order valence-corrected chi connectivity index (χ3v) is 4.03. The van der Waals surface area contributed by atoms with Crippen LogP contribution >= 0.6 is 11.6 Å². The summed E-state index contributed by atoms with van der Waals surface area (Å²) in [5.74, 6) is 0.0865. The average Bonchev–Trinajstić information content (AvgIpc) is 2.58. The smallest absolute Gasteiger partial charge is 0.324 e. The van der Waals surface area contributed by atoms with E-state index in [1.807, 2.05) is 6.92 Å². The van der Waals surface area contributed by atoms with E-state index in [1.54, 1.807) is 6.07 Å². The topological polar surface area (TPSA) is 59.8 Å². The molecular weight excluding hydrogens is 369 g/mol. The van der Waals surface area contributed by atoms with Crippen LogP contribution in [0.25, 0.3) is 11.0 Å². The lowest BCUT2D eigenvalue weighted by molar-refractivity contribution is -0.137. The molecule has 0 unspecified atom stereocenters. The Labute approximate surface area is 151 Å². The van der Waals surface area contributed by atoms with Gasteiger partial charge in [0.05, 0.1) is 10.6 Å². The van der Waals surface area contributed by atoms with Crippen LogP contribution in [0, 0.1) is 0 Å². The first-order valence-corrected chi connectivity index (χ1v) is 8.17. The highest BCUT2D eigenvalue weighted by Crippen LogP contribution is 2.36. The molecule has 0 radical (unpaired) electrons. The van der Waals surface area contributed by atoms with Gasteiger partial charge in [-0.25, -0.2) is 4.98 Å². The van der Waals surface area contributed by atoms with E-state index in [0.29, 0.717) is 17.6 Å². The Bertz CT molecular complexity index is 1020. The molecule has 0 aliphatic carbocycles. The quantitative estimate of drug-likeness (QED) is 0.715. The number of hydrogen-bond acceptors (Lipinski definition) is 4. The minimum Gasteiger partial charge on any atom is -0.324 e. The highest BCUT2D eigenvalue weighted by atomic mass is 35.5. The van der Waals surface area contributed by atoms with Crippen molar-refractivity contribution in [1.29, 1.82) is 0 Å². The van der Waals surface area contributed by atoms with Gasteiger partial charge in [0, 0.05) is 29.9 Å². The van der Waals surface area contributed by atoms with E-state index in [2.05, 4.69) is 15.3 Å². The molecule has 0 amide bonds. The van der Waals surface area contributed by atoms with Crippen LogP contribution in [0.5, 0.6) is 0 Å². The predicted molar refractivity (Wildman–Crippen MR) is 93.8 cm³/mol. The van der Waals surface area contributed by atoms with Crippen LogP contribution in [0.2, 0.25) is 5.02 Å². The van der Waals surface area contributed by atoms with Crippen LogP contribution in [-0.4, -0.2) is 14.5 Å². The van der Waals surface area contributed by atoms with Crippen molar-refractivity contribution >= 4 is 34.3 Å². The number of fused-ring (bicyclic) bond motifs is 1. The standard InChI is InChI=1S/C17H14ClF3N4O/c1-2-7-25-14(26)6-3-10-9-22-16(24-15(10)25)23-11-4-5-13(18)12(8-11)17(19,20)21/h3-6,8-9H,2,7H2,1H3,(H,22,23,24). The monoisotopic (exact) mass is 382 g/mol. The van der Waals surface area contributed by atoms with Crippen molar-refractivity contribution in [1.82, 2.24) is 14.5 Å². The van der Waals surface area contributed by atoms with Crippen LogP contribution in [0.1, 0.15) is 18.9 Å². The first-order chi connectivity index (χ1) is 12.3. The summed E-state index contributed by atoms with van der Waals surface area (Å²) in [5, 5.41) is 3.00. The second-order valence-electron chi connectivity index (χ2n) is 5.61. The molecule has 2 aromatic heterocycles. The zero-order valence-corrected chi connectivity index (χ0v) is 14.4. The van der Waals surface area contributed by atoms with Crippen LogP contribution < -0.4 is 10.9 Å². The Morgan fingerprint density at radius 3 is 2.69 bits per heavy atom. The summed E-state index contributed by atoms with van der Waals surface area (Å²) in [4.78, 5) is 20.4. The molecule has 5 nitrogen and oxygen atoms in total. The largest absolute Gasteiger partial charge is 0.417 e. The molecule has 9 heteroatoms. The maximum atomic E-state index is 13.0. The van der Waals surface area contributed by atoms with Crippen molar-refractivity contribution in [3.63, 3.8) is 0 Å². The van der Waals surface area contributed by atoms with E-state index in [0.717, 1.165) is 18.6 Å². The van der Waals surface area contributed by atoms with Crippen molar-refractivity contribution in [2.45, 2.75) is 26.1 Å². The molecule has 136 valence electrons. The van der Waals surface area contributed by atoms with Gasteiger partial charge in [-0.15, -0.1) is 0 Å². The molecule has 3 aromatic rings. The summed E-state index contributed by atoms with van der Waals surface area (Å²) >= 11 is 5.62. The minimum absolute atomic E-state index is 0.0865. The predicted octanol–water partition coefficient (Wildman–Crippen LogP) is 4.62. The zero-order valence-electron chi connectivity index (χ0n) is 13.6.